The number of rotatable bonds is 2. The van der Waals surface area contributed by atoms with Crippen molar-refractivity contribution in [2.45, 2.75) is 6.54 Å². The van der Waals surface area contributed by atoms with Gasteiger partial charge in [0, 0.05) is 11.1 Å². The SMILES string of the molecule is Clc1ccc(C[n+]2cccnc2)cc1. The molecule has 2 nitrogen and oxygen atoms in total. The van der Waals surface area contributed by atoms with Crippen molar-refractivity contribution in [2.24, 2.45) is 0 Å². The Bertz CT molecular complexity index is 397. The minimum atomic E-state index is 0.768. The smallest absolute Gasteiger partial charge is 0.233 e. The summed E-state index contributed by atoms with van der Waals surface area (Å²) in [5, 5.41) is 0.768. The fourth-order valence-electron chi connectivity index (χ4n) is 1.26. The summed E-state index contributed by atoms with van der Waals surface area (Å²) in [5.41, 5.74) is 1.22. The number of hydrogen-bond donors (Lipinski definition) is 0. The van der Waals surface area contributed by atoms with Gasteiger partial charge < -0.3 is 0 Å². The van der Waals surface area contributed by atoms with E-state index in [0.717, 1.165) is 11.6 Å². The van der Waals surface area contributed by atoms with Crippen LogP contribution in [-0.4, -0.2) is 4.98 Å². The summed E-state index contributed by atoms with van der Waals surface area (Å²) in [6.07, 6.45) is 5.55. The van der Waals surface area contributed by atoms with Gasteiger partial charge in [-0.1, -0.05) is 28.7 Å². The van der Waals surface area contributed by atoms with Gasteiger partial charge in [0.2, 0.25) is 0 Å². The molecule has 0 unspecified atom stereocenters. The van der Waals surface area contributed by atoms with E-state index in [1.807, 2.05) is 41.1 Å². The minimum Gasteiger partial charge on any atom is -0.233 e. The molecule has 0 aliphatic carbocycles. The van der Waals surface area contributed by atoms with Crippen molar-refractivity contribution in [1.82, 2.24) is 4.98 Å². The maximum atomic E-state index is 5.80. The highest BCUT2D eigenvalue weighted by Gasteiger charge is 1.98. The van der Waals surface area contributed by atoms with Gasteiger partial charge >= 0.3 is 0 Å². The lowest BCUT2D eigenvalue weighted by molar-refractivity contribution is -0.691. The van der Waals surface area contributed by atoms with Crippen LogP contribution in [0.25, 0.3) is 0 Å². The largest absolute Gasteiger partial charge is 0.286 e. The highest BCUT2D eigenvalue weighted by Crippen LogP contribution is 2.08. The van der Waals surface area contributed by atoms with Gasteiger partial charge in [0.15, 0.2) is 0 Å². The summed E-state index contributed by atoms with van der Waals surface area (Å²) in [6.45, 7) is 0.824. The Hall–Kier alpha value is -1.41. The van der Waals surface area contributed by atoms with Crippen LogP contribution in [0.1, 0.15) is 5.56 Å². The summed E-state index contributed by atoms with van der Waals surface area (Å²) in [4.78, 5) is 4.04. The first-order chi connectivity index (χ1) is 6.84. The Labute approximate surface area is 87.8 Å². The topological polar surface area (TPSA) is 16.8 Å². The maximum Gasteiger partial charge on any atom is 0.286 e. The summed E-state index contributed by atoms with van der Waals surface area (Å²) in [7, 11) is 0. The molecule has 1 aromatic heterocycles. The van der Waals surface area contributed by atoms with Crippen LogP contribution in [0.4, 0.5) is 0 Å². The molecule has 70 valence electrons. The third-order valence-corrected chi connectivity index (χ3v) is 2.20. The molecule has 0 spiro atoms. The minimum absolute atomic E-state index is 0.768. The quantitative estimate of drug-likeness (QED) is 0.686. The van der Waals surface area contributed by atoms with E-state index in [-0.39, 0.29) is 0 Å². The van der Waals surface area contributed by atoms with Crippen LogP contribution in [0.15, 0.2) is 49.1 Å². The van der Waals surface area contributed by atoms with Crippen LogP contribution in [-0.2, 0) is 6.54 Å². The van der Waals surface area contributed by atoms with Gasteiger partial charge in [-0.05, 0) is 17.7 Å². The molecular weight excluding hydrogens is 196 g/mol. The fourth-order valence-corrected chi connectivity index (χ4v) is 1.38. The molecular formula is C11H10ClN2+. The molecule has 2 aromatic rings. The van der Waals surface area contributed by atoms with Crippen molar-refractivity contribution in [3.8, 4) is 0 Å². The van der Waals surface area contributed by atoms with Gasteiger partial charge in [-0.3, -0.25) is 0 Å². The predicted molar refractivity (Wildman–Crippen MR) is 55.0 cm³/mol. The molecule has 1 aromatic carbocycles. The van der Waals surface area contributed by atoms with Gasteiger partial charge in [0.25, 0.3) is 6.33 Å². The van der Waals surface area contributed by atoms with Crippen LogP contribution in [0, 0.1) is 0 Å². The Balaban J connectivity index is 2.16. The van der Waals surface area contributed by atoms with E-state index in [1.165, 1.54) is 5.56 Å². The monoisotopic (exact) mass is 205 g/mol. The van der Waals surface area contributed by atoms with E-state index in [2.05, 4.69) is 4.98 Å². The summed E-state index contributed by atoms with van der Waals surface area (Å²) in [6, 6.07) is 9.74. The molecule has 1 heterocycles. The van der Waals surface area contributed by atoms with Gasteiger partial charge in [0.05, 0.1) is 6.20 Å². The van der Waals surface area contributed by atoms with Gasteiger partial charge in [-0.2, -0.15) is 0 Å². The van der Waals surface area contributed by atoms with Gasteiger partial charge in [-0.15, -0.1) is 0 Å². The van der Waals surface area contributed by atoms with E-state index in [1.54, 1.807) is 12.5 Å². The molecule has 0 fully saturated rings. The Morgan fingerprint density at radius 3 is 2.64 bits per heavy atom. The highest BCUT2D eigenvalue weighted by molar-refractivity contribution is 6.30. The molecule has 0 N–H and O–H groups in total. The van der Waals surface area contributed by atoms with Crippen molar-refractivity contribution in [3.63, 3.8) is 0 Å². The van der Waals surface area contributed by atoms with E-state index < -0.39 is 0 Å². The second-order valence-corrected chi connectivity index (χ2v) is 3.49. The van der Waals surface area contributed by atoms with E-state index in [4.69, 9.17) is 11.6 Å². The molecule has 0 radical (unpaired) electrons. The van der Waals surface area contributed by atoms with Crippen LogP contribution < -0.4 is 4.57 Å². The lowest BCUT2D eigenvalue weighted by atomic mass is 10.2. The van der Waals surface area contributed by atoms with Crippen LogP contribution in [0.2, 0.25) is 5.02 Å². The molecule has 0 amide bonds. The van der Waals surface area contributed by atoms with Crippen LogP contribution >= 0.6 is 11.6 Å². The molecule has 0 saturated carbocycles. The summed E-state index contributed by atoms with van der Waals surface area (Å²) in [5.74, 6) is 0. The molecule has 2 rings (SSSR count). The Kier molecular flexibility index (Phi) is 2.75. The lowest BCUT2D eigenvalue weighted by Crippen LogP contribution is -2.33. The van der Waals surface area contributed by atoms with Gasteiger partial charge in [0.1, 0.15) is 12.7 Å². The standard InChI is InChI=1S/C11H10ClN2/c12-11-4-2-10(3-5-11)8-14-7-1-6-13-9-14/h1-7,9H,8H2/q+1. The lowest BCUT2D eigenvalue weighted by Gasteiger charge is -1.98. The number of benzene rings is 1. The van der Waals surface area contributed by atoms with Crippen molar-refractivity contribution in [1.29, 1.82) is 0 Å². The Morgan fingerprint density at radius 1 is 1.21 bits per heavy atom. The van der Waals surface area contributed by atoms with Crippen LogP contribution in [0.5, 0.6) is 0 Å². The first-order valence-electron chi connectivity index (χ1n) is 4.38. The highest BCUT2D eigenvalue weighted by atomic mass is 35.5. The predicted octanol–water partition coefficient (Wildman–Crippen LogP) is 2.07. The second kappa shape index (κ2) is 4.20. The molecule has 0 aliphatic rings. The number of hydrogen-bond acceptors (Lipinski definition) is 1. The summed E-state index contributed by atoms with van der Waals surface area (Å²) < 4.78 is 2.02. The molecule has 0 aliphatic heterocycles. The second-order valence-electron chi connectivity index (χ2n) is 3.05. The normalized spacial score (nSPS) is 10.1. The van der Waals surface area contributed by atoms with Gasteiger partial charge in [-0.25, -0.2) is 4.57 Å². The average molecular weight is 206 g/mol. The van der Waals surface area contributed by atoms with Crippen molar-refractivity contribution < 1.29 is 4.57 Å². The summed E-state index contributed by atoms with van der Waals surface area (Å²) >= 11 is 5.80. The number of halogens is 1. The van der Waals surface area contributed by atoms with E-state index in [0.29, 0.717) is 0 Å². The molecule has 0 saturated heterocycles. The third-order valence-electron chi connectivity index (χ3n) is 1.94. The molecule has 3 heteroatoms. The third kappa shape index (κ3) is 2.30. The fraction of sp³-hybridized carbons (Fsp3) is 0.0909. The van der Waals surface area contributed by atoms with Crippen molar-refractivity contribution in [2.75, 3.05) is 0 Å². The molecule has 0 atom stereocenters. The van der Waals surface area contributed by atoms with Crippen LogP contribution in [0.3, 0.4) is 0 Å². The molecule has 14 heavy (non-hydrogen) atoms. The first kappa shape index (κ1) is 9.16. The Morgan fingerprint density at radius 2 is 2.00 bits per heavy atom. The molecule has 0 bridgehead atoms. The van der Waals surface area contributed by atoms with Crippen molar-refractivity contribution in [3.05, 3.63) is 59.6 Å². The maximum absolute atomic E-state index is 5.80. The first-order valence-corrected chi connectivity index (χ1v) is 4.76. The van der Waals surface area contributed by atoms with Crippen molar-refractivity contribution >= 4 is 11.6 Å². The van der Waals surface area contributed by atoms with E-state index in [9.17, 15) is 0 Å². The average Bonchev–Trinajstić information content (AvgIpc) is 2.23. The zero-order valence-electron chi connectivity index (χ0n) is 7.60. The zero-order chi connectivity index (χ0) is 9.80. The number of nitrogens with zero attached hydrogens (tertiary/aromatic N) is 2. The zero-order valence-corrected chi connectivity index (χ0v) is 8.35. The number of aromatic nitrogens is 2. The van der Waals surface area contributed by atoms with E-state index >= 15 is 0 Å².